The summed E-state index contributed by atoms with van der Waals surface area (Å²) in [7, 11) is 0. The number of piperidine rings is 1. The van der Waals surface area contributed by atoms with E-state index in [1.54, 1.807) is 4.90 Å². The van der Waals surface area contributed by atoms with Gasteiger partial charge in [0.2, 0.25) is 0 Å². The van der Waals surface area contributed by atoms with E-state index >= 15 is 0 Å². The lowest BCUT2D eigenvalue weighted by Crippen LogP contribution is -2.52. The molecule has 1 atom stereocenters. The molecule has 2 aliphatic heterocycles. The standard InChI is InChI=1S/C19H29N3O4/c1-4-15-14(11-21(5-2)6-3)10-16(25-15)17(23)22-9-7-8-19(13-22)12-20-18(24)26-19/h10H,4-9,11-13H2,1-3H3,(H,20,24)/t19-/m1/s1. The van der Waals surface area contributed by atoms with Crippen molar-refractivity contribution in [1.82, 2.24) is 15.1 Å². The van der Waals surface area contributed by atoms with E-state index < -0.39 is 11.7 Å². The van der Waals surface area contributed by atoms with Crippen LogP contribution in [0.1, 0.15) is 55.5 Å². The van der Waals surface area contributed by atoms with Crippen LogP contribution in [0.15, 0.2) is 10.5 Å². The van der Waals surface area contributed by atoms with E-state index in [0.29, 0.717) is 25.4 Å². The maximum absolute atomic E-state index is 13.0. The van der Waals surface area contributed by atoms with Crippen LogP contribution in [0.2, 0.25) is 0 Å². The SMILES string of the molecule is CCc1oc(C(=O)N2CCC[C@@]3(CNC(=O)O3)C2)cc1CN(CC)CC. The van der Waals surface area contributed by atoms with Gasteiger partial charge in [-0.1, -0.05) is 20.8 Å². The van der Waals surface area contributed by atoms with E-state index in [4.69, 9.17) is 9.15 Å². The van der Waals surface area contributed by atoms with Crippen molar-refractivity contribution in [3.63, 3.8) is 0 Å². The number of nitrogens with one attached hydrogen (secondary N) is 1. The van der Waals surface area contributed by atoms with Crippen LogP contribution >= 0.6 is 0 Å². The van der Waals surface area contributed by atoms with Gasteiger partial charge >= 0.3 is 6.09 Å². The van der Waals surface area contributed by atoms with Gasteiger partial charge in [-0.05, 0) is 32.0 Å². The highest BCUT2D eigenvalue weighted by Gasteiger charge is 2.45. The highest BCUT2D eigenvalue weighted by molar-refractivity contribution is 5.92. The van der Waals surface area contributed by atoms with Crippen LogP contribution in [-0.2, 0) is 17.7 Å². The molecule has 7 heteroatoms. The molecule has 144 valence electrons. The molecular formula is C19H29N3O4. The Balaban J connectivity index is 1.75. The van der Waals surface area contributed by atoms with Crippen molar-refractivity contribution < 1.29 is 18.7 Å². The van der Waals surface area contributed by atoms with Crippen molar-refractivity contribution in [2.24, 2.45) is 0 Å². The lowest BCUT2D eigenvalue weighted by atomic mass is 9.93. The Bertz CT molecular complexity index is 668. The Hall–Kier alpha value is -2.02. The van der Waals surface area contributed by atoms with Crippen LogP contribution in [0.3, 0.4) is 0 Å². The summed E-state index contributed by atoms with van der Waals surface area (Å²) in [6.07, 6.45) is 1.96. The summed E-state index contributed by atoms with van der Waals surface area (Å²) in [5.41, 5.74) is 0.495. The third-order valence-electron chi connectivity index (χ3n) is 5.41. The number of hydrogen-bond acceptors (Lipinski definition) is 5. The summed E-state index contributed by atoms with van der Waals surface area (Å²) in [6, 6.07) is 1.89. The number of carbonyl (C=O) groups excluding carboxylic acids is 2. The number of likely N-dealkylation sites (tertiary alicyclic amines) is 1. The topological polar surface area (TPSA) is 75.0 Å². The van der Waals surface area contributed by atoms with Gasteiger partial charge in [0, 0.05) is 25.1 Å². The molecule has 1 aromatic heterocycles. The van der Waals surface area contributed by atoms with Crippen molar-refractivity contribution in [3.05, 3.63) is 23.2 Å². The third kappa shape index (κ3) is 3.72. The summed E-state index contributed by atoms with van der Waals surface area (Å²) >= 11 is 0. The Morgan fingerprint density at radius 1 is 1.35 bits per heavy atom. The first-order valence-corrected chi connectivity index (χ1v) is 9.60. The smallest absolute Gasteiger partial charge is 0.407 e. The van der Waals surface area contributed by atoms with Crippen LogP contribution in [0.25, 0.3) is 0 Å². The zero-order chi connectivity index (χ0) is 18.7. The average Bonchev–Trinajstić information content (AvgIpc) is 3.22. The quantitative estimate of drug-likeness (QED) is 0.840. The van der Waals surface area contributed by atoms with Crippen LogP contribution in [0.4, 0.5) is 4.79 Å². The van der Waals surface area contributed by atoms with E-state index in [1.807, 2.05) is 13.0 Å². The third-order valence-corrected chi connectivity index (χ3v) is 5.41. The van der Waals surface area contributed by atoms with E-state index in [-0.39, 0.29) is 5.91 Å². The number of carbonyl (C=O) groups is 2. The maximum Gasteiger partial charge on any atom is 0.407 e. The van der Waals surface area contributed by atoms with Crippen molar-refractivity contribution >= 4 is 12.0 Å². The molecule has 3 rings (SSSR count). The Morgan fingerprint density at radius 2 is 2.12 bits per heavy atom. The molecule has 3 heterocycles. The zero-order valence-corrected chi connectivity index (χ0v) is 16.0. The summed E-state index contributed by atoms with van der Waals surface area (Å²) in [5.74, 6) is 1.15. The van der Waals surface area contributed by atoms with Crippen molar-refractivity contribution in [2.75, 3.05) is 32.7 Å². The number of ether oxygens (including phenoxy) is 1. The molecular weight excluding hydrogens is 334 g/mol. The summed E-state index contributed by atoms with van der Waals surface area (Å²) in [6.45, 7) is 10.5. The molecule has 2 saturated heterocycles. The first kappa shape index (κ1) is 18.8. The van der Waals surface area contributed by atoms with E-state index in [1.165, 1.54) is 0 Å². The molecule has 7 nitrogen and oxygen atoms in total. The molecule has 2 aliphatic rings. The molecule has 1 spiro atoms. The van der Waals surface area contributed by atoms with Gasteiger partial charge in [0.25, 0.3) is 5.91 Å². The number of amides is 2. The van der Waals surface area contributed by atoms with E-state index in [2.05, 4.69) is 24.1 Å². The summed E-state index contributed by atoms with van der Waals surface area (Å²) in [5, 5.41) is 2.71. The largest absolute Gasteiger partial charge is 0.456 e. The second kappa shape index (κ2) is 7.70. The van der Waals surface area contributed by atoms with Gasteiger partial charge in [0.05, 0.1) is 13.1 Å². The minimum atomic E-state index is -0.588. The first-order chi connectivity index (χ1) is 12.5. The monoisotopic (exact) mass is 363 g/mol. The van der Waals surface area contributed by atoms with Gasteiger partial charge in [-0.25, -0.2) is 4.79 Å². The van der Waals surface area contributed by atoms with Crippen LogP contribution in [0, 0.1) is 0 Å². The number of rotatable bonds is 6. The van der Waals surface area contributed by atoms with Crippen LogP contribution < -0.4 is 5.32 Å². The van der Waals surface area contributed by atoms with Gasteiger partial charge in [-0.15, -0.1) is 0 Å². The molecule has 0 aliphatic carbocycles. The lowest BCUT2D eigenvalue weighted by molar-refractivity contribution is -0.00607. The van der Waals surface area contributed by atoms with Crippen LogP contribution in [-0.4, -0.2) is 60.1 Å². The molecule has 0 saturated carbocycles. The van der Waals surface area contributed by atoms with Crippen molar-refractivity contribution in [3.8, 4) is 0 Å². The molecule has 0 unspecified atom stereocenters. The highest BCUT2D eigenvalue weighted by Crippen LogP contribution is 2.29. The summed E-state index contributed by atoms with van der Waals surface area (Å²) in [4.78, 5) is 28.5. The number of aryl methyl sites for hydroxylation is 1. The number of alkyl carbamates (subject to hydrolysis) is 1. The number of hydrogen-bond donors (Lipinski definition) is 1. The fourth-order valence-corrected chi connectivity index (χ4v) is 3.85. The first-order valence-electron chi connectivity index (χ1n) is 9.60. The number of furan rings is 1. The normalized spacial score (nSPS) is 22.8. The Labute approximate surface area is 154 Å². The fourth-order valence-electron chi connectivity index (χ4n) is 3.85. The molecule has 26 heavy (non-hydrogen) atoms. The van der Waals surface area contributed by atoms with Crippen molar-refractivity contribution in [2.45, 2.75) is 52.2 Å². The molecule has 1 N–H and O–H groups in total. The Kier molecular flexibility index (Phi) is 5.55. The second-order valence-electron chi connectivity index (χ2n) is 7.13. The second-order valence-corrected chi connectivity index (χ2v) is 7.13. The zero-order valence-electron chi connectivity index (χ0n) is 16.0. The van der Waals surface area contributed by atoms with Gasteiger partial charge in [0.15, 0.2) is 5.76 Å². The van der Waals surface area contributed by atoms with Gasteiger partial charge in [-0.3, -0.25) is 9.69 Å². The average molecular weight is 363 g/mol. The lowest BCUT2D eigenvalue weighted by Gasteiger charge is -2.37. The molecule has 2 fully saturated rings. The van der Waals surface area contributed by atoms with Crippen molar-refractivity contribution in [1.29, 1.82) is 0 Å². The van der Waals surface area contributed by atoms with Crippen LogP contribution in [0.5, 0.6) is 0 Å². The fraction of sp³-hybridized carbons (Fsp3) is 0.684. The molecule has 0 radical (unpaired) electrons. The summed E-state index contributed by atoms with van der Waals surface area (Å²) < 4.78 is 11.4. The van der Waals surface area contributed by atoms with E-state index in [9.17, 15) is 9.59 Å². The predicted octanol–water partition coefficient (Wildman–Crippen LogP) is 2.40. The van der Waals surface area contributed by atoms with Gasteiger partial charge in [0.1, 0.15) is 11.4 Å². The van der Waals surface area contributed by atoms with Gasteiger partial charge in [-0.2, -0.15) is 0 Å². The highest BCUT2D eigenvalue weighted by atomic mass is 16.6. The molecule has 0 aromatic carbocycles. The molecule has 2 amide bonds. The van der Waals surface area contributed by atoms with Gasteiger partial charge < -0.3 is 19.4 Å². The molecule has 0 bridgehead atoms. The minimum Gasteiger partial charge on any atom is -0.456 e. The minimum absolute atomic E-state index is 0.118. The van der Waals surface area contributed by atoms with E-state index in [0.717, 1.165) is 50.2 Å². The molecule has 1 aromatic rings. The predicted molar refractivity (Wildman–Crippen MR) is 97.1 cm³/mol. The number of nitrogens with zero attached hydrogens (tertiary/aromatic N) is 2. The Morgan fingerprint density at radius 3 is 2.73 bits per heavy atom. The maximum atomic E-state index is 13.0.